The van der Waals surface area contributed by atoms with Crippen LogP contribution in [-0.4, -0.2) is 33.3 Å². The van der Waals surface area contributed by atoms with E-state index in [1.807, 2.05) is 18.3 Å². The summed E-state index contributed by atoms with van der Waals surface area (Å²) in [6.07, 6.45) is 12.5. The molecule has 0 spiro atoms. The highest BCUT2D eigenvalue weighted by molar-refractivity contribution is 5.76. The van der Waals surface area contributed by atoms with Crippen molar-refractivity contribution in [3.63, 3.8) is 0 Å². The molecule has 1 aliphatic heterocycles. The van der Waals surface area contributed by atoms with Crippen LogP contribution >= 0.6 is 0 Å². The molecule has 3 N–H and O–H groups in total. The van der Waals surface area contributed by atoms with Crippen molar-refractivity contribution in [3.05, 3.63) is 78.1 Å². The largest absolute Gasteiger partial charge is 0.353 e. The van der Waals surface area contributed by atoms with Crippen LogP contribution in [0.3, 0.4) is 0 Å². The van der Waals surface area contributed by atoms with Crippen molar-refractivity contribution >= 4 is 11.4 Å². The quantitative estimate of drug-likeness (QED) is 0.589. The predicted octanol–water partition coefficient (Wildman–Crippen LogP) is 3.22. The summed E-state index contributed by atoms with van der Waals surface area (Å²) >= 11 is 0. The number of piperidine rings is 1. The molecule has 6 heteroatoms. The van der Waals surface area contributed by atoms with Crippen LogP contribution in [0.4, 0.5) is 5.69 Å². The number of aromatic amines is 1. The van der Waals surface area contributed by atoms with E-state index in [1.165, 1.54) is 18.4 Å². The number of nitrogens with one attached hydrogen (secondary N) is 3. The lowest BCUT2D eigenvalue weighted by Gasteiger charge is -2.22. The maximum Gasteiger partial charge on any atom is 0.0963 e. The molecule has 0 aliphatic carbocycles. The molecule has 1 aliphatic rings. The van der Waals surface area contributed by atoms with Crippen molar-refractivity contribution in [2.24, 2.45) is 5.92 Å². The van der Waals surface area contributed by atoms with Crippen LogP contribution in [0.25, 0.3) is 5.70 Å². The standard InChI is InChI=1S/C23H24N6/c1-17(28-22-3-2-8-25-16-22)23-21(15-27-29-23)5-4-19-12-20(14-26-13-19)11-18-6-9-24-10-7-18/h2-3,8,12-16,18,24,28H,1,6-7,9-11H2,(H,27,29). The van der Waals surface area contributed by atoms with Gasteiger partial charge in [0.05, 0.1) is 35.0 Å². The van der Waals surface area contributed by atoms with E-state index in [4.69, 9.17) is 0 Å². The average Bonchev–Trinajstić information content (AvgIpc) is 3.23. The minimum Gasteiger partial charge on any atom is -0.353 e. The Bertz CT molecular complexity index is 1020. The number of H-pyrrole nitrogens is 1. The van der Waals surface area contributed by atoms with Crippen molar-refractivity contribution in [2.45, 2.75) is 19.3 Å². The van der Waals surface area contributed by atoms with Crippen molar-refractivity contribution < 1.29 is 0 Å². The zero-order valence-electron chi connectivity index (χ0n) is 16.3. The summed E-state index contributed by atoms with van der Waals surface area (Å²) in [6, 6.07) is 5.94. The van der Waals surface area contributed by atoms with E-state index < -0.39 is 0 Å². The highest BCUT2D eigenvalue weighted by Gasteiger charge is 2.13. The van der Waals surface area contributed by atoms with E-state index in [2.05, 4.69) is 55.3 Å². The first-order valence-corrected chi connectivity index (χ1v) is 9.84. The smallest absolute Gasteiger partial charge is 0.0963 e. The summed E-state index contributed by atoms with van der Waals surface area (Å²) in [6.45, 7) is 6.31. The third kappa shape index (κ3) is 5.09. The zero-order valence-corrected chi connectivity index (χ0v) is 16.3. The first-order chi connectivity index (χ1) is 14.3. The molecule has 0 saturated carbocycles. The minimum atomic E-state index is 0.692. The zero-order chi connectivity index (χ0) is 19.9. The molecule has 3 aromatic heterocycles. The summed E-state index contributed by atoms with van der Waals surface area (Å²) in [5.41, 5.74) is 5.27. The Kier molecular flexibility index (Phi) is 5.98. The van der Waals surface area contributed by atoms with Gasteiger partial charge in [-0.1, -0.05) is 18.4 Å². The summed E-state index contributed by atoms with van der Waals surface area (Å²) in [4.78, 5) is 8.48. The van der Waals surface area contributed by atoms with Gasteiger partial charge in [-0.15, -0.1) is 0 Å². The van der Waals surface area contributed by atoms with Crippen LogP contribution in [0.1, 0.15) is 35.2 Å². The molecular formula is C23H24N6. The molecule has 0 radical (unpaired) electrons. The SMILES string of the molecule is C=C(Nc1cccnc1)c1[nH]ncc1C#Cc1cncc(CC2CCNCC2)c1. The van der Waals surface area contributed by atoms with E-state index in [9.17, 15) is 0 Å². The second kappa shape index (κ2) is 9.18. The Balaban J connectivity index is 1.46. The molecule has 4 rings (SSSR count). The summed E-state index contributed by atoms with van der Waals surface area (Å²) in [5.74, 6) is 7.14. The first kappa shape index (κ1) is 18.9. The maximum atomic E-state index is 4.39. The van der Waals surface area contributed by atoms with Crippen molar-refractivity contribution in [2.75, 3.05) is 18.4 Å². The van der Waals surface area contributed by atoms with E-state index in [1.54, 1.807) is 24.8 Å². The number of aromatic nitrogens is 4. The van der Waals surface area contributed by atoms with Gasteiger partial charge in [0.25, 0.3) is 0 Å². The lowest BCUT2D eigenvalue weighted by Crippen LogP contribution is -2.28. The summed E-state index contributed by atoms with van der Waals surface area (Å²) in [5, 5.41) is 13.7. The molecule has 0 atom stereocenters. The number of hydrogen-bond acceptors (Lipinski definition) is 5. The summed E-state index contributed by atoms with van der Waals surface area (Å²) in [7, 11) is 0. The van der Waals surface area contributed by atoms with Crippen molar-refractivity contribution in [1.82, 2.24) is 25.5 Å². The van der Waals surface area contributed by atoms with Crippen LogP contribution in [0.5, 0.6) is 0 Å². The molecule has 146 valence electrons. The normalized spacial score (nSPS) is 14.1. The van der Waals surface area contributed by atoms with Crippen molar-refractivity contribution in [1.29, 1.82) is 0 Å². The van der Waals surface area contributed by atoms with Gasteiger partial charge in [-0.2, -0.15) is 5.10 Å². The molecule has 0 unspecified atom stereocenters. The third-order valence-electron chi connectivity index (χ3n) is 5.02. The van der Waals surface area contributed by atoms with E-state index in [0.717, 1.165) is 47.9 Å². The van der Waals surface area contributed by atoms with Gasteiger partial charge in [-0.25, -0.2) is 0 Å². The molecular weight excluding hydrogens is 360 g/mol. The molecule has 1 fully saturated rings. The molecule has 0 bridgehead atoms. The van der Waals surface area contributed by atoms with Crippen LogP contribution < -0.4 is 10.6 Å². The number of anilines is 1. The monoisotopic (exact) mass is 384 g/mol. The Morgan fingerprint density at radius 3 is 2.86 bits per heavy atom. The fraction of sp³-hybridized carbons (Fsp3) is 0.261. The fourth-order valence-corrected chi connectivity index (χ4v) is 3.51. The molecule has 3 aromatic rings. The van der Waals surface area contributed by atoms with Gasteiger partial charge < -0.3 is 10.6 Å². The summed E-state index contributed by atoms with van der Waals surface area (Å²) < 4.78 is 0. The van der Waals surface area contributed by atoms with Gasteiger partial charge in [0, 0.05) is 24.2 Å². The number of pyridine rings is 2. The van der Waals surface area contributed by atoms with E-state index >= 15 is 0 Å². The molecule has 4 heterocycles. The highest BCUT2D eigenvalue weighted by atomic mass is 15.1. The van der Waals surface area contributed by atoms with Gasteiger partial charge >= 0.3 is 0 Å². The Hall–Kier alpha value is -3.43. The Labute approximate surface area is 170 Å². The molecule has 29 heavy (non-hydrogen) atoms. The Morgan fingerprint density at radius 2 is 2.03 bits per heavy atom. The average molecular weight is 384 g/mol. The predicted molar refractivity (Wildman–Crippen MR) is 115 cm³/mol. The molecule has 1 saturated heterocycles. The topological polar surface area (TPSA) is 78.5 Å². The van der Waals surface area contributed by atoms with Crippen LogP contribution in [-0.2, 0) is 6.42 Å². The van der Waals surface area contributed by atoms with Crippen LogP contribution in [0.2, 0.25) is 0 Å². The van der Waals surface area contributed by atoms with Crippen molar-refractivity contribution in [3.8, 4) is 11.8 Å². The first-order valence-electron chi connectivity index (χ1n) is 9.84. The van der Waals surface area contributed by atoms with Crippen LogP contribution in [0, 0.1) is 17.8 Å². The molecule has 0 amide bonds. The lowest BCUT2D eigenvalue weighted by molar-refractivity contribution is 0.372. The second-order valence-electron chi connectivity index (χ2n) is 7.23. The van der Waals surface area contributed by atoms with Gasteiger partial charge in [-0.05, 0) is 62.0 Å². The van der Waals surface area contributed by atoms with E-state index in [0.29, 0.717) is 5.70 Å². The molecule has 0 aromatic carbocycles. The lowest BCUT2D eigenvalue weighted by atomic mass is 9.91. The third-order valence-corrected chi connectivity index (χ3v) is 5.02. The second-order valence-corrected chi connectivity index (χ2v) is 7.23. The van der Waals surface area contributed by atoms with Gasteiger partial charge in [0.2, 0.25) is 0 Å². The van der Waals surface area contributed by atoms with E-state index in [-0.39, 0.29) is 0 Å². The van der Waals surface area contributed by atoms with Crippen LogP contribution in [0.15, 0.2) is 55.8 Å². The maximum absolute atomic E-state index is 4.39. The van der Waals surface area contributed by atoms with Gasteiger partial charge in [0.15, 0.2) is 0 Å². The number of rotatable bonds is 5. The van der Waals surface area contributed by atoms with Gasteiger partial charge in [-0.3, -0.25) is 15.1 Å². The fourth-order valence-electron chi connectivity index (χ4n) is 3.51. The molecule has 6 nitrogen and oxygen atoms in total. The number of hydrogen-bond donors (Lipinski definition) is 3. The highest BCUT2D eigenvalue weighted by Crippen LogP contribution is 2.19. The Morgan fingerprint density at radius 1 is 1.14 bits per heavy atom. The van der Waals surface area contributed by atoms with Gasteiger partial charge in [0.1, 0.15) is 0 Å². The minimum absolute atomic E-state index is 0.692. The number of nitrogens with zero attached hydrogens (tertiary/aromatic N) is 3.